The second-order valence-corrected chi connectivity index (χ2v) is 3.53. The van der Waals surface area contributed by atoms with E-state index in [4.69, 9.17) is 6.11 Å². The molecule has 0 atom stereocenters. The predicted octanol–water partition coefficient (Wildman–Crippen LogP) is 3.24. The third-order valence-electron chi connectivity index (χ3n) is 1.72. The van der Waals surface area contributed by atoms with E-state index in [1.54, 1.807) is 0 Å². The molecule has 2 nitrogen and oxygen atoms in total. The van der Waals surface area contributed by atoms with Gasteiger partial charge in [-0.15, -0.1) is 0 Å². The maximum absolute atomic E-state index is 10.5. The number of carbonyl (C=O) groups excluding carboxylic acids is 1. The van der Waals surface area contributed by atoms with Gasteiger partial charge in [-0.3, -0.25) is 4.79 Å². The van der Waals surface area contributed by atoms with E-state index in [-0.39, 0.29) is 5.97 Å². The van der Waals surface area contributed by atoms with Gasteiger partial charge in [0, 0.05) is 6.92 Å². The van der Waals surface area contributed by atoms with Crippen LogP contribution in [0.1, 0.15) is 41.9 Å². The average Bonchev–Trinajstić information content (AvgIpc) is 2.13. The molecule has 0 radical (unpaired) electrons. The summed E-state index contributed by atoms with van der Waals surface area (Å²) in [5.41, 5.74) is 2.21. The van der Waals surface area contributed by atoms with Crippen molar-refractivity contribution in [1.29, 1.82) is 0 Å². The van der Waals surface area contributed by atoms with Crippen molar-refractivity contribution in [3.8, 4) is 0 Å². The number of ether oxygens (including phenoxy) is 1. The molecule has 0 spiro atoms. The molecule has 0 rings (SSSR count). The quantitative estimate of drug-likeness (QED) is 0.499. The Morgan fingerprint density at radius 3 is 2.50 bits per heavy atom. The first-order chi connectivity index (χ1) is 6.93. The summed E-state index contributed by atoms with van der Waals surface area (Å²) < 4.78 is 12.4. The monoisotopic (exact) mass is 197 g/mol. The third-order valence-corrected chi connectivity index (χ3v) is 1.72. The van der Waals surface area contributed by atoms with E-state index in [0.717, 1.165) is 24.0 Å². The molecule has 0 aromatic carbocycles. The highest BCUT2D eigenvalue weighted by Gasteiger charge is 1.91. The van der Waals surface area contributed by atoms with E-state index in [9.17, 15) is 4.79 Å². The Labute approximate surface area is 88.1 Å². The molecule has 0 fully saturated rings. The lowest BCUT2D eigenvalue weighted by atomic mass is 10.1. The Morgan fingerprint density at radius 1 is 1.36 bits per heavy atom. The van der Waals surface area contributed by atoms with E-state index >= 15 is 0 Å². The minimum absolute atomic E-state index is 0.260. The van der Waals surface area contributed by atoms with Crippen molar-refractivity contribution in [2.75, 3.05) is 6.61 Å². The van der Waals surface area contributed by atoms with Crippen LogP contribution >= 0.6 is 0 Å². The van der Waals surface area contributed by atoms with E-state index in [0.29, 0.717) is 12.7 Å². The lowest BCUT2D eigenvalue weighted by Gasteiger charge is -2.00. The van der Waals surface area contributed by atoms with Crippen LogP contribution in [0.3, 0.4) is 0 Å². The zero-order chi connectivity index (χ0) is 11.8. The van der Waals surface area contributed by atoms with Crippen molar-refractivity contribution in [3.63, 3.8) is 0 Å². The van der Waals surface area contributed by atoms with Crippen LogP contribution in [0, 0.1) is 0 Å². The molecule has 0 aliphatic rings. The second-order valence-electron chi connectivity index (χ2n) is 3.53. The van der Waals surface area contributed by atoms with Crippen molar-refractivity contribution >= 4 is 5.97 Å². The molecule has 2 heteroatoms. The molecule has 14 heavy (non-hydrogen) atoms. The van der Waals surface area contributed by atoms with Crippen molar-refractivity contribution in [2.45, 2.75) is 40.5 Å². The SMILES string of the molecule is [2H]C(CC/C(C)=C/COC(C)=O)=C(C)C. The van der Waals surface area contributed by atoms with Gasteiger partial charge in [-0.25, -0.2) is 0 Å². The molecular weight excluding hydrogens is 176 g/mol. The number of esters is 1. The largest absolute Gasteiger partial charge is 0.462 e. The van der Waals surface area contributed by atoms with Gasteiger partial charge in [-0.1, -0.05) is 17.2 Å². The number of carbonyl (C=O) groups is 1. The Balaban J connectivity index is 3.88. The normalized spacial score (nSPS) is 12.0. The van der Waals surface area contributed by atoms with Crippen LogP contribution in [0.15, 0.2) is 23.3 Å². The molecule has 0 aromatic heterocycles. The van der Waals surface area contributed by atoms with E-state index < -0.39 is 0 Å². The molecule has 0 unspecified atom stereocenters. The van der Waals surface area contributed by atoms with Gasteiger partial charge in [-0.2, -0.15) is 0 Å². The van der Waals surface area contributed by atoms with Gasteiger partial charge in [0.2, 0.25) is 0 Å². The van der Waals surface area contributed by atoms with Gasteiger partial charge in [-0.05, 0) is 39.7 Å². The number of hydrogen-bond donors (Lipinski definition) is 0. The molecule has 0 aliphatic carbocycles. The molecule has 0 saturated heterocycles. The van der Waals surface area contributed by atoms with E-state index in [1.807, 2.05) is 26.8 Å². The van der Waals surface area contributed by atoms with Gasteiger partial charge < -0.3 is 4.74 Å². The zero-order valence-electron chi connectivity index (χ0n) is 10.5. The highest BCUT2D eigenvalue weighted by atomic mass is 16.5. The Hall–Kier alpha value is -1.05. The fourth-order valence-electron chi connectivity index (χ4n) is 0.913. The fraction of sp³-hybridized carbons (Fsp3) is 0.583. The zero-order valence-corrected chi connectivity index (χ0v) is 9.52. The minimum atomic E-state index is -0.260. The molecule has 0 aromatic rings. The Bertz CT molecular complexity index is 273. The lowest BCUT2D eigenvalue weighted by Crippen LogP contribution is -1.98. The van der Waals surface area contributed by atoms with Crippen LogP contribution in [0.5, 0.6) is 0 Å². The summed E-state index contributed by atoms with van der Waals surface area (Å²) in [6.07, 6.45) is 3.50. The molecule has 0 aliphatic heterocycles. The van der Waals surface area contributed by atoms with Gasteiger partial charge in [0.05, 0.1) is 1.37 Å². The van der Waals surface area contributed by atoms with Crippen molar-refractivity contribution in [1.82, 2.24) is 0 Å². The maximum Gasteiger partial charge on any atom is 0.302 e. The van der Waals surface area contributed by atoms with Crippen molar-refractivity contribution in [2.24, 2.45) is 0 Å². The summed E-state index contributed by atoms with van der Waals surface area (Å²) in [6.45, 7) is 7.61. The fourth-order valence-corrected chi connectivity index (χ4v) is 0.913. The first-order valence-electron chi connectivity index (χ1n) is 5.35. The second kappa shape index (κ2) is 7.36. The Kier molecular flexibility index (Phi) is 5.80. The summed E-state index contributed by atoms with van der Waals surface area (Å²) in [5.74, 6) is -0.260. The lowest BCUT2D eigenvalue weighted by molar-refractivity contribution is -0.139. The summed E-state index contributed by atoms with van der Waals surface area (Å²) in [5, 5.41) is 0. The van der Waals surface area contributed by atoms with E-state index in [1.165, 1.54) is 6.92 Å². The molecule has 0 heterocycles. The highest BCUT2D eigenvalue weighted by molar-refractivity contribution is 5.66. The third kappa shape index (κ3) is 9.04. The van der Waals surface area contributed by atoms with Gasteiger partial charge in [0.25, 0.3) is 0 Å². The summed E-state index contributed by atoms with van der Waals surface area (Å²) in [7, 11) is 0. The van der Waals surface area contributed by atoms with Gasteiger partial charge in [0.15, 0.2) is 0 Å². The number of rotatable bonds is 5. The van der Waals surface area contributed by atoms with Crippen molar-refractivity contribution < 1.29 is 10.9 Å². The smallest absolute Gasteiger partial charge is 0.302 e. The highest BCUT2D eigenvalue weighted by Crippen LogP contribution is 2.06. The first kappa shape index (κ1) is 11.0. The average molecular weight is 197 g/mol. The van der Waals surface area contributed by atoms with Crippen LogP contribution in [0.2, 0.25) is 0 Å². The molecule has 0 saturated carbocycles. The molecule has 0 amide bonds. The maximum atomic E-state index is 10.5. The Morgan fingerprint density at radius 2 is 2.00 bits per heavy atom. The van der Waals surface area contributed by atoms with Crippen LogP contribution in [-0.2, 0) is 9.53 Å². The predicted molar refractivity (Wildman–Crippen MR) is 59.1 cm³/mol. The standard InChI is InChI=1S/C12H20O2/c1-10(2)6-5-7-11(3)8-9-14-12(4)13/h6,8H,5,7,9H2,1-4H3/b11-8+/i6D. The summed E-state index contributed by atoms with van der Waals surface area (Å²) >= 11 is 0. The summed E-state index contributed by atoms with van der Waals surface area (Å²) in [6, 6.07) is 0.690. The number of hydrogen-bond acceptors (Lipinski definition) is 2. The van der Waals surface area contributed by atoms with E-state index in [2.05, 4.69) is 0 Å². The number of allylic oxidation sites excluding steroid dienone is 3. The summed E-state index contributed by atoms with van der Waals surface area (Å²) in [4.78, 5) is 10.5. The topological polar surface area (TPSA) is 26.3 Å². The molecule has 0 bridgehead atoms. The first-order valence-corrected chi connectivity index (χ1v) is 4.85. The van der Waals surface area contributed by atoms with Gasteiger partial charge >= 0.3 is 5.97 Å². The van der Waals surface area contributed by atoms with Crippen LogP contribution in [0.25, 0.3) is 0 Å². The van der Waals surface area contributed by atoms with Crippen LogP contribution in [0.4, 0.5) is 0 Å². The van der Waals surface area contributed by atoms with Gasteiger partial charge in [0.1, 0.15) is 6.61 Å². The van der Waals surface area contributed by atoms with Crippen molar-refractivity contribution in [3.05, 3.63) is 23.3 Å². The molecule has 0 N–H and O–H groups in total. The van der Waals surface area contributed by atoms with Crippen LogP contribution < -0.4 is 0 Å². The molecule has 80 valence electrons. The molecular formula is C12H20O2. The van der Waals surface area contributed by atoms with Crippen LogP contribution in [-0.4, -0.2) is 12.6 Å². The minimum Gasteiger partial charge on any atom is -0.462 e.